The molecule has 1 N–H and O–H groups in total. The Balaban J connectivity index is 2.04. The van der Waals surface area contributed by atoms with Crippen molar-refractivity contribution in [2.45, 2.75) is 19.9 Å². The number of hydrogen-bond donors (Lipinski definition) is 1. The first kappa shape index (κ1) is 13.4. The van der Waals surface area contributed by atoms with Crippen LogP contribution in [0.5, 0.6) is 0 Å². The normalized spacial score (nSPS) is 10.5. The second kappa shape index (κ2) is 6.20. The second-order valence-corrected chi connectivity index (χ2v) is 7.05. The molecule has 0 aliphatic carbocycles. The third-order valence-corrected chi connectivity index (χ3v) is 5.04. The molecule has 0 unspecified atom stereocenters. The fourth-order valence-electron chi connectivity index (χ4n) is 1.52. The molecule has 2 rings (SSSR count). The molecule has 0 aliphatic heterocycles. The molecule has 0 atom stereocenters. The molecule has 0 bridgehead atoms. The van der Waals surface area contributed by atoms with Crippen LogP contribution in [-0.4, -0.2) is 0 Å². The standard InChI is InChI=1S/C13H13BrINS/c1-2-10-4-5-11(17-10)8-16-13-7-9(15)3-6-12(13)14/h3-7,16H,2,8H2,1H3. The first-order valence-corrected chi connectivity index (χ1v) is 8.14. The molecule has 0 fully saturated rings. The van der Waals surface area contributed by atoms with Gasteiger partial charge in [0.05, 0.1) is 0 Å². The summed E-state index contributed by atoms with van der Waals surface area (Å²) in [6, 6.07) is 10.7. The molecule has 1 aromatic heterocycles. The molecule has 1 aromatic carbocycles. The van der Waals surface area contributed by atoms with E-state index in [1.54, 1.807) is 0 Å². The molecule has 4 heteroatoms. The van der Waals surface area contributed by atoms with Crippen molar-refractivity contribution in [1.82, 2.24) is 0 Å². The first-order valence-electron chi connectivity index (χ1n) is 5.45. The van der Waals surface area contributed by atoms with Gasteiger partial charge in [0.1, 0.15) is 0 Å². The van der Waals surface area contributed by atoms with Crippen molar-refractivity contribution >= 4 is 55.5 Å². The Morgan fingerprint density at radius 2 is 2.00 bits per heavy atom. The van der Waals surface area contributed by atoms with Crippen LogP contribution in [0.4, 0.5) is 5.69 Å². The highest BCUT2D eigenvalue weighted by molar-refractivity contribution is 14.1. The van der Waals surface area contributed by atoms with Crippen LogP contribution >= 0.6 is 49.9 Å². The van der Waals surface area contributed by atoms with E-state index in [1.807, 2.05) is 11.3 Å². The topological polar surface area (TPSA) is 12.0 Å². The maximum Gasteiger partial charge on any atom is 0.0498 e. The molecule has 90 valence electrons. The van der Waals surface area contributed by atoms with Crippen LogP contribution in [0.25, 0.3) is 0 Å². The fourth-order valence-corrected chi connectivity index (χ4v) is 3.30. The van der Waals surface area contributed by atoms with E-state index in [4.69, 9.17) is 0 Å². The summed E-state index contributed by atoms with van der Waals surface area (Å²) >= 11 is 7.77. The number of rotatable bonds is 4. The third kappa shape index (κ3) is 3.69. The van der Waals surface area contributed by atoms with Gasteiger partial charge in [-0.1, -0.05) is 6.92 Å². The lowest BCUT2D eigenvalue weighted by Gasteiger charge is -2.07. The van der Waals surface area contributed by atoms with Crippen molar-refractivity contribution in [2.24, 2.45) is 0 Å². The third-order valence-electron chi connectivity index (χ3n) is 2.45. The lowest BCUT2D eigenvalue weighted by atomic mass is 10.3. The van der Waals surface area contributed by atoms with Gasteiger partial charge in [0, 0.05) is 30.0 Å². The van der Waals surface area contributed by atoms with E-state index in [2.05, 4.69) is 81.1 Å². The molecule has 0 aliphatic rings. The van der Waals surface area contributed by atoms with E-state index in [-0.39, 0.29) is 0 Å². The van der Waals surface area contributed by atoms with Crippen LogP contribution in [0.1, 0.15) is 16.7 Å². The molecule has 0 saturated heterocycles. The molecule has 0 radical (unpaired) electrons. The summed E-state index contributed by atoms with van der Waals surface area (Å²) in [7, 11) is 0. The van der Waals surface area contributed by atoms with Crippen molar-refractivity contribution in [2.75, 3.05) is 5.32 Å². The van der Waals surface area contributed by atoms with E-state index < -0.39 is 0 Å². The van der Waals surface area contributed by atoms with E-state index in [0.29, 0.717) is 0 Å². The Kier molecular flexibility index (Phi) is 4.87. The van der Waals surface area contributed by atoms with E-state index in [9.17, 15) is 0 Å². The number of halogens is 2. The summed E-state index contributed by atoms with van der Waals surface area (Å²) in [5.41, 5.74) is 1.16. The lowest BCUT2D eigenvalue weighted by Crippen LogP contribution is -1.98. The lowest BCUT2D eigenvalue weighted by molar-refractivity contribution is 1.18. The number of anilines is 1. The van der Waals surface area contributed by atoms with Crippen LogP contribution in [0.2, 0.25) is 0 Å². The SMILES string of the molecule is CCc1ccc(CNc2cc(I)ccc2Br)s1. The average molecular weight is 422 g/mol. The van der Waals surface area contributed by atoms with Gasteiger partial charge >= 0.3 is 0 Å². The zero-order valence-electron chi connectivity index (χ0n) is 9.47. The van der Waals surface area contributed by atoms with Gasteiger partial charge < -0.3 is 5.32 Å². The smallest absolute Gasteiger partial charge is 0.0498 e. The Morgan fingerprint density at radius 1 is 1.24 bits per heavy atom. The summed E-state index contributed by atoms with van der Waals surface area (Å²) in [4.78, 5) is 2.83. The number of aryl methyl sites for hydroxylation is 1. The van der Waals surface area contributed by atoms with Gasteiger partial charge in [0.2, 0.25) is 0 Å². The summed E-state index contributed by atoms with van der Waals surface area (Å²) in [6.45, 7) is 3.09. The summed E-state index contributed by atoms with van der Waals surface area (Å²) in [6.07, 6.45) is 1.12. The Labute approximate surface area is 128 Å². The molecule has 0 spiro atoms. The van der Waals surface area contributed by atoms with Crippen LogP contribution in [-0.2, 0) is 13.0 Å². The molecule has 0 amide bonds. The van der Waals surface area contributed by atoms with Crippen LogP contribution < -0.4 is 5.32 Å². The highest BCUT2D eigenvalue weighted by atomic mass is 127. The van der Waals surface area contributed by atoms with Crippen LogP contribution in [0, 0.1) is 3.57 Å². The zero-order chi connectivity index (χ0) is 12.3. The van der Waals surface area contributed by atoms with Gasteiger partial charge in [0.15, 0.2) is 0 Å². The van der Waals surface area contributed by atoms with Crippen molar-refractivity contribution < 1.29 is 0 Å². The Hall–Kier alpha value is -0.0700. The maximum atomic E-state index is 3.56. The first-order chi connectivity index (χ1) is 8.19. The maximum absolute atomic E-state index is 3.56. The predicted octanol–water partition coefficient (Wildman–Crippen LogP) is 5.29. The van der Waals surface area contributed by atoms with Crippen LogP contribution in [0.3, 0.4) is 0 Å². The van der Waals surface area contributed by atoms with E-state index >= 15 is 0 Å². The average Bonchev–Trinajstić information content (AvgIpc) is 2.78. The van der Waals surface area contributed by atoms with E-state index in [0.717, 1.165) is 23.1 Å². The Bertz CT molecular complexity index is 510. The molecule has 0 saturated carbocycles. The van der Waals surface area contributed by atoms with Gasteiger partial charge in [-0.25, -0.2) is 0 Å². The predicted molar refractivity (Wildman–Crippen MR) is 87.9 cm³/mol. The minimum Gasteiger partial charge on any atom is -0.379 e. The highest BCUT2D eigenvalue weighted by Gasteiger charge is 2.02. The van der Waals surface area contributed by atoms with Crippen molar-refractivity contribution in [3.8, 4) is 0 Å². The number of thiophene rings is 1. The molecule has 1 nitrogen and oxygen atoms in total. The van der Waals surface area contributed by atoms with Gasteiger partial charge in [-0.2, -0.15) is 0 Å². The van der Waals surface area contributed by atoms with Gasteiger partial charge in [0.25, 0.3) is 0 Å². The van der Waals surface area contributed by atoms with Crippen LogP contribution in [0.15, 0.2) is 34.8 Å². The quantitative estimate of drug-likeness (QED) is 0.661. The van der Waals surface area contributed by atoms with Crippen molar-refractivity contribution in [3.05, 3.63) is 48.1 Å². The fraction of sp³-hybridized carbons (Fsp3) is 0.231. The largest absolute Gasteiger partial charge is 0.379 e. The van der Waals surface area contributed by atoms with Gasteiger partial charge in [-0.15, -0.1) is 11.3 Å². The Morgan fingerprint density at radius 3 is 2.71 bits per heavy atom. The second-order valence-electron chi connectivity index (χ2n) is 3.70. The zero-order valence-corrected chi connectivity index (χ0v) is 14.0. The minimum atomic E-state index is 0.892. The molecule has 2 aromatic rings. The summed E-state index contributed by atoms with van der Waals surface area (Å²) in [5.74, 6) is 0. The van der Waals surface area contributed by atoms with Gasteiger partial charge in [-0.05, 0) is 75.3 Å². The molecule has 1 heterocycles. The molecule has 17 heavy (non-hydrogen) atoms. The number of hydrogen-bond acceptors (Lipinski definition) is 2. The van der Waals surface area contributed by atoms with Crippen molar-refractivity contribution in [1.29, 1.82) is 0 Å². The summed E-state index contributed by atoms with van der Waals surface area (Å²) < 4.78 is 2.36. The highest BCUT2D eigenvalue weighted by Crippen LogP contribution is 2.26. The van der Waals surface area contributed by atoms with Crippen molar-refractivity contribution in [3.63, 3.8) is 0 Å². The minimum absolute atomic E-state index is 0.892. The summed E-state index contributed by atoms with van der Waals surface area (Å²) in [5, 5.41) is 3.47. The number of benzene rings is 1. The monoisotopic (exact) mass is 421 g/mol. The van der Waals surface area contributed by atoms with Gasteiger partial charge in [-0.3, -0.25) is 0 Å². The number of nitrogens with one attached hydrogen (secondary N) is 1. The molecular weight excluding hydrogens is 409 g/mol. The van der Waals surface area contributed by atoms with E-state index in [1.165, 1.54) is 13.3 Å². The molecular formula is C13H13BrINS.